The van der Waals surface area contributed by atoms with Gasteiger partial charge in [0.05, 0.1) is 0 Å². The van der Waals surface area contributed by atoms with Crippen LogP contribution in [0.15, 0.2) is 24.3 Å². The van der Waals surface area contributed by atoms with Gasteiger partial charge in [-0.1, -0.05) is 50.5 Å². The number of hydrogen-bond acceptors (Lipinski definition) is 1. The van der Waals surface area contributed by atoms with Crippen molar-refractivity contribution in [3.8, 4) is 0 Å². The Balaban J connectivity index is 0.00000162. The molecule has 1 saturated heterocycles. The van der Waals surface area contributed by atoms with Gasteiger partial charge in [-0.3, -0.25) is 0 Å². The summed E-state index contributed by atoms with van der Waals surface area (Å²) < 4.78 is 0.0616. The van der Waals surface area contributed by atoms with E-state index >= 15 is 0 Å². The van der Waals surface area contributed by atoms with Crippen LogP contribution < -0.4 is 58.2 Å². The van der Waals surface area contributed by atoms with Gasteiger partial charge in [-0.2, -0.15) is 12.6 Å². The SMILES string of the molecule is CCCCc1ccccc1C1(S)CC[N-]CC1.[Rb+]. The number of hydrogen-bond donors (Lipinski definition) is 1. The van der Waals surface area contributed by atoms with Crippen LogP contribution in [0.3, 0.4) is 0 Å². The van der Waals surface area contributed by atoms with Gasteiger partial charge in [0, 0.05) is 4.75 Å². The van der Waals surface area contributed by atoms with Crippen LogP contribution in [0.25, 0.3) is 5.32 Å². The van der Waals surface area contributed by atoms with Crippen LogP contribution in [0, 0.1) is 0 Å². The maximum Gasteiger partial charge on any atom is 1.00 e. The molecule has 0 radical (unpaired) electrons. The summed E-state index contributed by atoms with van der Waals surface area (Å²) in [5, 5.41) is 4.44. The molecule has 1 aromatic rings. The molecular weight excluding hydrogens is 312 g/mol. The Bertz CT molecular complexity index is 361. The molecule has 94 valence electrons. The topological polar surface area (TPSA) is 14.1 Å². The Morgan fingerprint density at radius 2 is 1.89 bits per heavy atom. The average molecular weight is 334 g/mol. The average Bonchev–Trinajstić information content (AvgIpc) is 2.37. The first-order chi connectivity index (χ1) is 8.26. The second-order valence-electron chi connectivity index (χ2n) is 4.96. The summed E-state index contributed by atoms with van der Waals surface area (Å²) in [6, 6.07) is 8.84. The molecule has 0 atom stereocenters. The van der Waals surface area contributed by atoms with Gasteiger partial charge in [-0.15, -0.1) is 13.1 Å². The van der Waals surface area contributed by atoms with Crippen LogP contribution in [-0.2, 0) is 11.2 Å². The molecule has 0 aliphatic carbocycles. The van der Waals surface area contributed by atoms with E-state index in [0.29, 0.717) is 0 Å². The quantitative estimate of drug-likeness (QED) is 0.799. The van der Waals surface area contributed by atoms with Crippen LogP contribution in [0.4, 0.5) is 0 Å². The molecule has 18 heavy (non-hydrogen) atoms. The summed E-state index contributed by atoms with van der Waals surface area (Å²) in [5.74, 6) is 0. The third-order valence-corrected chi connectivity index (χ3v) is 4.37. The standard InChI is InChI=1S/C15H22NS.Rb/c1-2-3-6-13-7-4-5-8-14(13)15(17)9-11-16-12-10-15;/h4-5,7-8,17H,2-3,6,9-12H2,1H3;/q-1;+1. The minimum absolute atomic E-state index is 0. The number of rotatable bonds is 4. The maximum atomic E-state index is 4.97. The zero-order chi connectivity index (χ0) is 12.1. The number of nitrogens with zero attached hydrogens (tertiary/aromatic N) is 1. The molecule has 0 unspecified atom stereocenters. The minimum atomic E-state index is 0. The summed E-state index contributed by atoms with van der Waals surface area (Å²) >= 11 is 4.97. The van der Waals surface area contributed by atoms with E-state index in [1.165, 1.54) is 30.4 Å². The second-order valence-corrected chi connectivity index (χ2v) is 5.82. The number of thiol groups is 1. The Labute approximate surface area is 166 Å². The molecule has 1 aromatic carbocycles. The summed E-state index contributed by atoms with van der Waals surface area (Å²) in [5.41, 5.74) is 2.94. The first-order valence-corrected chi connectivity index (χ1v) is 7.15. The van der Waals surface area contributed by atoms with Crippen molar-refractivity contribution in [2.75, 3.05) is 13.1 Å². The van der Waals surface area contributed by atoms with Gasteiger partial charge in [0.1, 0.15) is 0 Å². The van der Waals surface area contributed by atoms with Crippen molar-refractivity contribution in [3.05, 3.63) is 40.7 Å². The summed E-state index contributed by atoms with van der Waals surface area (Å²) in [6.07, 6.45) is 5.87. The molecule has 1 aliphatic heterocycles. The van der Waals surface area contributed by atoms with Crippen molar-refractivity contribution in [1.82, 2.24) is 0 Å². The Kier molecular flexibility index (Phi) is 8.29. The van der Waals surface area contributed by atoms with Gasteiger partial charge in [-0.25, -0.2) is 0 Å². The number of piperidine rings is 1. The fraction of sp³-hybridized carbons (Fsp3) is 0.600. The van der Waals surface area contributed by atoms with E-state index < -0.39 is 0 Å². The molecule has 0 aromatic heterocycles. The second kappa shape index (κ2) is 8.58. The number of benzene rings is 1. The van der Waals surface area contributed by atoms with Gasteiger partial charge in [-0.05, 0) is 24.0 Å². The van der Waals surface area contributed by atoms with Gasteiger partial charge in [0.15, 0.2) is 0 Å². The molecule has 2 rings (SSSR count). The minimum Gasteiger partial charge on any atom is -0.662 e. The zero-order valence-electron chi connectivity index (χ0n) is 11.7. The van der Waals surface area contributed by atoms with E-state index in [1.54, 1.807) is 0 Å². The van der Waals surface area contributed by atoms with E-state index in [4.69, 9.17) is 12.6 Å². The molecule has 1 heterocycles. The summed E-state index contributed by atoms with van der Waals surface area (Å²) in [6.45, 7) is 4.18. The molecular formula is C15H22NRbS. The zero-order valence-corrected chi connectivity index (χ0v) is 17.5. The van der Waals surface area contributed by atoms with Gasteiger partial charge in [0.2, 0.25) is 0 Å². The fourth-order valence-corrected chi connectivity index (χ4v) is 3.01. The predicted octanol–water partition coefficient (Wildman–Crippen LogP) is 1.33. The van der Waals surface area contributed by atoms with E-state index in [2.05, 4.69) is 36.5 Å². The van der Waals surface area contributed by atoms with E-state index in [-0.39, 0.29) is 62.9 Å². The van der Waals surface area contributed by atoms with Gasteiger partial charge in [0.25, 0.3) is 0 Å². The fourth-order valence-electron chi connectivity index (χ4n) is 2.59. The van der Waals surface area contributed by atoms with Crippen molar-refractivity contribution in [2.45, 2.75) is 43.8 Å². The molecule has 0 saturated carbocycles. The predicted molar refractivity (Wildman–Crippen MR) is 78.0 cm³/mol. The third kappa shape index (κ3) is 4.42. The van der Waals surface area contributed by atoms with Crippen LogP contribution in [0.1, 0.15) is 43.7 Å². The van der Waals surface area contributed by atoms with Crippen LogP contribution in [0.5, 0.6) is 0 Å². The molecule has 1 aliphatic rings. The van der Waals surface area contributed by atoms with Gasteiger partial charge < -0.3 is 5.32 Å². The van der Waals surface area contributed by atoms with E-state index in [1.807, 2.05) is 0 Å². The Hall–Kier alpha value is 1.34. The molecule has 0 spiro atoms. The summed E-state index contributed by atoms with van der Waals surface area (Å²) in [7, 11) is 0. The van der Waals surface area contributed by atoms with Crippen molar-refractivity contribution < 1.29 is 58.2 Å². The Morgan fingerprint density at radius 3 is 2.56 bits per heavy atom. The monoisotopic (exact) mass is 333 g/mol. The van der Waals surface area contributed by atoms with Gasteiger partial charge >= 0.3 is 58.2 Å². The third-order valence-electron chi connectivity index (χ3n) is 3.69. The maximum absolute atomic E-state index is 4.97. The van der Waals surface area contributed by atoms with E-state index in [9.17, 15) is 0 Å². The first kappa shape index (κ1) is 17.4. The van der Waals surface area contributed by atoms with Crippen molar-refractivity contribution >= 4 is 12.6 Å². The van der Waals surface area contributed by atoms with Crippen molar-refractivity contribution in [1.29, 1.82) is 0 Å². The molecule has 0 bridgehead atoms. The smallest absolute Gasteiger partial charge is 0.662 e. The van der Waals surface area contributed by atoms with Crippen LogP contribution in [-0.4, -0.2) is 13.1 Å². The Morgan fingerprint density at radius 1 is 1.22 bits per heavy atom. The molecule has 1 nitrogen and oxygen atoms in total. The normalized spacial score (nSPS) is 18.1. The van der Waals surface area contributed by atoms with Crippen LogP contribution >= 0.6 is 12.6 Å². The molecule has 1 fully saturated rings. The molecule has 0 N–H and O–H groups in total. The van der Waals surface area contributed by atoms with E-state index in [0.717, 1.165) is 25.9 Å². The number of aryl methyl sites for hydroxylation is 1. The number of unbranched alkanes of at least 4 members (excludes halogenated alkanes) is 1. The van der Waals surface area contributed by atoms with Crippen LogP contribution in [0.2, 0.25) is 0 Å². The molecule has 3 heteroatoms. The first-order valence-electron chi connectivity index (χ1n) is 6.70. The largest absolute Gasteiger partial charge is 1.00 e. The van der Waals surface area contributed by atoms with Crippen molar-refractivity contribution in [2.24, 2.45) is 0 Å². The summed E-state index contributed by atoms with van der Waals surface area (Å²) in [4.78, 5) is 0. The van der Waals surface area contributed by atoms with Crippen molar-refractivity contribution in [3.63, 3.8) is 0 Å². The molecule has 0 amide bonds.